The Balaban J connectivity index is 4.45. The molecule has 54 heavy (non-hydrogen) atoms. The monoisotopic (exact) mass is 790 g/mol. The van der Waals surface area contributed by atoms with E-state index in [0.29, 0.717) is 12.8 Å². The van der Waals surface area contributed by atoms with Crippen molar-refractivity contribution in [2.45, 2.75) is 213 Å². The Morgan fingerprint density at radius 1 is 0.611 bits per heavy atom. The number of unbranched alkanes of at least 4 members (excludes halogenated alkanes) is 23. The summed E-state index contributed by atoms with van der Waals surface area (Å²) in [5, 5.41) is 11.6. The third-order valence-corrected chi connectivity index (χ3v) is 10.4. The first-order chi connectivity index (χ1) is 26.1. The molecule has 0 spiro atoms. The number of carbonyl (C=O) groups excluding carboxylic acids is 2. The third-order valence-electron chi connectivity index (χ3n) is 9.46. The van der Waals surface area contributed by atoms with E-state index in [9.17, 15) is 23.8 Å². The average Bonchev–Trinajstić information content (AvgIpc) is 3.14. The number of phosphoric ester groups is 1. The molecular formula is C42H80NO10P. The minimum atomic E-state index is -4.54. The van der Waals surface area contributed by atoms with E-state index in [-0.39, 0.29) is 32.6 Å². The summed E-state index contributed by atoms with van der Waals surface area (Å²) in [5.74, 6) is -1.97. The summed E-state index contributed by atoms with van der Waals surface area (Å²) in [4.78, 5) is 46.1. The number of carboxylic acid groups (broad SMARTS) is 1. The summed E-state index contributed by atoms with van der Waals surface area (Å²) in [6, 6.07) is -0.854. The van der Waals surface area contributed by atoms with Crippen molar-refractivity contribution in [3.8, 4) is 0 Å². The number of hydrogen-bond donors (Lipinski definition) is 3. The summed E-state index contributed by atoms with van der Waals surface area (Å²) < 4.78 is 33.3. The first kappa shape index (κ1) is 52.2. The van der Waals surface area contributed by atoms with Crippen molar-refractivity contribution in [3.63, 3.8) is 0 Å². The zero-order valence-corrected chi connectivity index (χ0v) is 35.4. The molecule has 12 heteroatoms. The van der Waals surface area contributed by atoms with E-state index in [0.717, 1.165) is 57.8 Å². The molecule has 0 heterocycles. The lowest BCUT2D eigenvalue weighted by Gasteiger charge is -2.20. The second kappa shape index (κ2) is 38.1. The highest BCUT2D eigenvalue weighted by Crippen LogP contribution is 2.43. The normalized spacial score (nSPS) is 13.9. The van der Waals surface area contributed by atoms with E-state index < -0.39 is 44.5 Å². The second-order valence-corrected chi connectivity index (χ2v) is 16.2. The molecule has 0 saturated carbocycles. The summed E-state index contributed by atoms with van der Waals surface area (Å²) in [6.45, 7) is 4.84. The van der Waals surface area contributed by atoms with Gasteiger partial charge in [-0.25, -0.2) is 4.57 Å². The third kappa shape index (κ3) is 37.2. The molecule has 0 fully saturated rings. The van der Waals surface area contributed by atoms with Crippen molar-refractivity contribution in [1.82, 2.24) is 5.32 Å². The molecule has 0 rings (SSSR count). The first-order valence-electron chi connectivity index (χ1n) is 21.7. The maximum absolute atomic E-state index is 12.6. The van der Waals surface area contributed by atoms with Gasteiger partial charge in [-0.1, -0.05) is 154 Å². The van der Waals surface area contributed by atoms with Gasteiger partial charge in [0.2, 0.25) is 0 Å². The quantitative estimate of drug-likeness (QED) is 0.0234. The summed E-state index contributed by atoms with van der Waals surface area (Å²) >= 11 is 0. The molecule has 0 bridgehead atoms. The number of nitrogens with one attached hydrogen (secondary N) is 1. The highest BCUT2D eigenvalue weighted by atomic mass is 31.2. The Labute approximate surface area is 329 Å². The summed E-state index contributed by atoms with van der Waals surface area (Å²) in [6.07, 6.45) is 34.5. The fourth-order valence-corrected chi connectivity index (χ4v) is 6.74. The predicted octanol–water partition coefficient (Wildman–Crippen LogP) is 11.2. The minimum absolute atomic E-state index is 0.00650. The molecule has 0 aromatic carbocycles. The minimum Gasteiger partial charge on any atom is -0.480 e. The van der Waals surface area contributed by atoms with Crippen LogP contribution in [0.4, 0.5) is 0 Å². The topological polar surface area (TPSA) is 158 Å². The van der Waals surface area contributed by atoms with Gasteiger partial charge in [0, 0.05) is 19.4 Å². The molecule has 0 aliphatic carbocycles. The molecule has 11 nitrogen and oxygen atoms in total. The van der Waals surface area contributed by atoms with Crippen molar-refractivity contribution >= 4 is 25.7 Å². The fraction of sp³-hybridized carbons (Fsp3) is 0.881. The lowest BCUT2D eigenvalue weighted by atomic mass is 10.0. The maximum atomic E-state index is 12.6. The number of allylic oxidation sites excluding steroid dienone is 2. The largest absolute Gasteiger partial charge is 0.480 e. The molecule has 0 aromatic rings. The summed E-state index contributed by atoms with van der Waals surface area (Å²) in [7, 11) is -4.54. The van der Waals surface area contributed by atoms with E-state index >= 15 is 0 Å². The molecule has 0 aromatic heterocycles. The standard InChI is InChI=1S/C42H80NO10P/c1-4-6-8-10-12-14-16-18-19-21-23-25-27-29-31-33-41(45)53-39(37-52-54(48,49)51-35-34-43-38(3)42(46)47)36-50-40(44)32-30-28-26-24-22-20-17-15-13-11-9-7-5-2/h18-19,38-39,43H,4-17,20-37H2,1-3H3,(H,46,47)(H,48,49)/b19-18-/t38?,39-/m1/s1. The second-order valence-electron chi connectivity index (χ2n) is 14.7. The van der Waals surface area contributed by atoms with Crippen molar-refractivity contribution in [1.29, 1.82) is 0 Å². The number of esters is 2. The number of ether oxygens (including phenoxy) is 2. The fourth-order valence-electron chi connectivity index (χ4n) is 5.98. The lowest BCUT2D eigenvalue weighted by Crippen LogP contribution is -2.35. The maximum Gasteiger partial charge on any atom is 0.472 e. The van der Waals surface area contributed by atoms with Crippen molar-refractivity contribution in [2.24, 2.45) is 0 Å². The van der Waals surface area contributed by atoms with Gasteiger partial charge in [0.15, 0.2) is 6.10 Å². The van der Waals surface area contributed by atoms with Gasteiger partial charge in [0.25, 0.3) is 0 Å². The highest BCUT2D eigenvalue weighted by molar-refractivity contribution is 7.47. The van der Waals surface area contributed by atoms with E-state index in [1.165, 1.54) is 103 Å². The molecule has 2 unspecified atom stereocenters. The van der Waals surface area contributed by atoms with Crippen LogP contribution in [0.5, 0.6) is 0 Å². The van der Waals surface area contributed by atoms with Crippen molar-refractivity contribution in [2.75, 3.05) is 26.4 Å². The zero-order chi connectivity index (χ0) is 40.0. The Morgan fingerprint density at radius 2 is 1.04 bits per heavy atom. The molecule has 0 radical (unpaired) electrons. The Morgan fingerprint density at radius 3 is 1.50 bits per heavy atom. The van der Waals surface area contributed by atoms with Crippen LogP contribution in [0, 0.1) is 0 Å². The van der Waals surface area contributed by atoms with Gasteiger partial charge in [-0.2, -0.15) is 0 Å². The molecule has 318 valence electrons. The van der Waals surface area contributed by atoms with E-state index in [1.807, 2.05) is 0 Å². The molecular weight excluding hydrogens is 709 g/mol. The predicted molar refractivity (Wildman–Crippen MR) is 217 cm³/mol. The van der Waals surface area contributed by atoms with E-state index in [4.69, 9.17) is 23.6 Å². The van der Waals surface area contributed by atoms with Gasteiger partial charge in [-0.15, -0.1) is 0 Å². The molecule has 0 amide bonds. The number of phosphoric acid groups is 1. The van der Waals surface area contributed by atoms with Gasteiger partial charge in [-0.3, -0.25) is 23.4 Å². The van der Waals surface area contributed by atoms with Crippen LogP contribution in [-0.2, 0) is 37.5 Å². The van der Waals surface area contributed by atoms with E-state index in [1.54, 1.807) is 0 Å². The van der Waals surface area contributed by atoms with Crippen LogP contribution in [0.25, 0.3) is 0 Å². The van der Waals surface area contributed by atoms with Gasteiger partial charge >= 0.3 is 25.7 Å². The Hall–Kier alpha value is -1.78. The van der Waals surface area contributed by atoms with E-state index in [2.05, 4.69) is 31.3 Å². The van der Waals surface area contributed by atoms with Gasteiger partial charge in [0.1, 0.15) is 12.6 Å². The van der Waals surface area contributed by atoms with Gasteiger partial charge < -0.3 is 24.8 Å². The van der Waals surface area contributed by atoms with Crippen LogP contribution in [0.3, 0.4) is 0 Å². The van der Waals surface area contributed by atoms with Crippen LogP contribution in [0.2, 0.25) is 0 Å². The molecule has 3 N–H and O–H groups in total. The van der Waals surface area contributed by atoms with Crippen LogP contribution >= 0.6 is 7.82 Å². The number of aliphatic carboxylic acids is 1. The summed E-state index contributed by atoms with van der Waals surface area (Å²) in [5.41, 5.74) is 0. The van der Waals surface area contributed by atoms with Crippen LogP contribution in [0.1, 0.15) is 201 Å². The van der Waals surface area contributed by atoms with Crippen LogP contribution < -0.4 is 5.32 Å². The molecule has 0 saturated heterocycles. The molecule has 0 aliphatic rings. The van der Waals surface area contributed by atoms with Crippen molar-refractivity contribution in [3.05, 3.63) is 12.2 Å². The Bertz CT molecular complexity index is 979. The van der Waals surface area contributed by atoms with Gasteiger partial charge in [-0.05, 0) is 45.4 Å². The number of carboxylic acids is 1. The zero-order valence-electron chi connectivity index (χ0n) is 34.5. The number of carbonyl (C=O) groups is 3. The van der Waals surface area contributed by atoms with Crippen molar-refractivity contribution < 1.29 is 47.5 Å². The Kier molecular flexibility index (Phi) is 36.9. The SMILES string of the molecule is CCCCCCCC/C=C\CCCCCCCC(=O)O[C@H](COC(=O)CCCCCCCCCCCCCCC)COP(=O)(O)OCCNC(C)C(=O)O. The van der Waals surface area contributed by atoms with Crippen LogP contribution in [-0.4, -0.2) is 66.4 Å². The molecule has 3 atom stereocenters. The number of hydrogen-bond acceptors (Lipinski definition) is 9. The average molecular weight is 790 g/mol. The smallest absolute Gasteiger partial charge is 0.472 e. The molecule has 0 aliphatic heterocycles. The van der Waals surface area contributed by atoms with Gasteiger partial charge in [0.05, 0.1) is 13.2 Å². The first-order valence-corrected chi connectivity index (χ1v) is 23.2. The van der Waals surface area contributed by atoms with Crippen LogP contribution in [0.15, 0.2) is 12.2 Å². The number of rotatable bonds is 41. The lowest BCUT2D eigenvalue weighted by molar-refractivity contribution is -0.161. The highest BCUT2D eigenvalue weighted by Gasteiger charge is 2.26.